The van der Waals surface area contributed by atoms with Crippen LogP contribution in [-0.2, 0) is 0 Å². The molecule has 0 amide bonds. The van der Waals surface area contributed by atoms with Crippen molar-refractivity contribution in [3.8, 4) is 0 Å². The Morgan fingerprint density at radius 2 is 2.33 bits per heavy atom. The molecule has 1 unspecified atom stereocenters. The predicted octanol–water partition coefficient (Wildman–Crippen LogP) is 3.17. The van der Waals surface area contributed by atoms with Crippen LogP contribution in [0, 0.1) is 6.92 Å². The number of fused-ring (bicyclic) bond motifs is 1. The van der Waals surface area contributed by atoms with Crippen LogP contribution in [0.1, 0.15) is 44.7 Å². The van der Waals surface area contributed by atoms with Gasteiger partial charge < -0.3 is 5.32 Å². The van der Waals surface area contributed by atoms with Crippen molar-refractivity contribution < 1.29 is 0 Å². The van der Waals surface area contributed by atoms with E-state index in [4.69, 9.17) is 0 Å². The van der Waals surface area contributed by atoms with Crippen LogP contribution in [0.2, 0.25) is 0 Å². The minimum atomic E-state index is 0.656. The van der Waals surface area contributed by atoms with Crippen LogP contribution >= 0.6 is 11.3 Å². The van der Waals surface area contributed by atoms with E-state index in [9.17, 15) is 0 Å². The minimum absolute atomic E-state index is 0.656. The van der Waals surface area contributed by atoms with Gasteiger partial charge in [0, 0.05) is 12.6 Å². The molecule has 2 aromatic heterocycles. The molecule has 0 spiro atoms. The molecule has 0 bridgehead atoms. The summed E-state index contributed by atoms with van der Waals surface area (Å²) in [6.45, 7) is 7.77. The third-order valence-electron chi connectivity index (χ3n) is 4.20. The Morgan fingerprint density at radius 1 is 1.43 bits per heavy atom. The Kier molecular flexibility index (Phi) is 4.75. The molecule has 1 atom stereocenters. The number of aryl methyl sites for hydroxylation is 1. The molecule has 1 N–H and O–H groups in total. The number of piperidine rings is 1. The molecule has 1 fully saturated rings. The second kappa shape index (κ2) is 6.75. The molecule has 21 heavy (non-hydrogen) atoms. The zero-order chi connectivity index (χ0) is 14.7. The quantitative estimate of drug-likeness (QED) is 0.890. The zero-order valence-corrected chi connectivity index (χ0v) is 13.8. The van der Waals surface area contributed by atoms with Crippen molar-refractivity contribution in [1.29, 1.82) is 0 Å². The van der Waals surface area contributed by atoms with Crippen LogP contribution in [0.25, 0.3) is 4.96 Å². The first-order valence-corrected chi connectivity index (χ1v) is 8.88. The minimum Gasteiger partial charge on any atom is -0.359 e. The molecule has 0 aromatic carbocycles. The highest BCUT2D eigenvalue weighted by Crippen LogP contribution is 2.21. The summed E-state index contributed by atoms with van der Waals surface area (Å²) < 4.78 is 1.87. The second-order valence-electron chi connectivity index (χ2n) is 5.94. The van der Waals surface area contributed by atoms with E-state index in [0.717, 1.165) is 22.3 Å². The maximum atomic E-state index is 4.55. The van der Waals surface area contributed by atoms with Crippen molar-refractivity contribution in [2.45, 2.75) is 52.0 Å². The number of nitrogens with zero attached hydrogens (tertiary/aromatic N) is 4. The van der Waals surface area contributed by atoms with Crippen molar-refractivity contribution in [3.05, 3.63) is 11.9 Å². The van der Waals surface area contributed by atoms with Crippen molar-refractivity contribution in [2.24, 2.45) is 0 Å². The number of aromatic nitrogens is 3. The van der Waals surface area contributed by atoms with Gasteiger partial charge in [-0.15, -0.1) is 5.10 Å². The molecule has 1 aliphatic rings. The Hall–Kier alpha value is -1.14. The van der Waals surface area contributed by atoms with Gasteiger partial charge >= 0.3 is 0 Å². The molecule has 0 saturated carbocycles. The molecule has 0 radical (unpaired) electrons. The molecule has 3 rings (SSSR count). The number of hydrogen-bond donors (Lipinski definition) is 1. The van der Waals surface area contributed by atoms with Gasteiger partial charge in [-0.1, -0.05) is 31.1 Å². The van der Waals surface area contributed by atoms with Gasteiger partial charge in [0.15, 0.2) is 0 Å². The Labute approximate surface area is 130 Å². The van der Waals surface area contributed by atoms with E-state index in [1.807, 2.05) is 17.6 Å². The number of unbranched alkanes of at least 4 members (excludes halogenated alkanes) is 1. The van der Waals surface area contributed by atoms with E-state index in [1.165, 1.54) is 45.2 Å². The van der Waals surface area contributed by atoms with Crippen LogP contribution in [0.15, 0.2) is 6.20 Å². The maximum absolute atomic E-state index is 4.55. The van der Waals surface area contributed by atoms with E-state index in [2.05, 4.69) is 27.2 Å². The van der Waals surface area contributed by atoms with Gasteiger partial charge in [0.1, 0.15) is 0 Å². The van der Waals surface area contributed by atoms with E-state index in [1.54, 1.807) is 11.3 Å². The molecule has 1 aliphatic heterocycles. The van der Waals surface area contributed by atoms with Crippen molar-refractivity contribution in [2.75, 3.05) is 25.0 Å². The maximum Gasteiger partial charge on any atom is 0.214 e. The molecule has 3 heterocycles. The average Bonchev–Trinajstić information content (AvgIpc) is 3.00. The van der Waals surface area contributed by atoms with Crippen LogP contribution < -0.4 is 5.32 Å². The van der Waals surface area contributed by atoms with Gasteiger partial charge in [0.25, 0.3) is 0 Å². The first-order chi connectivity index (χ1) is 10.3. The lowest BCUT2D eigenvalue weighted by Gasteiger charge is -2.35. The molecular formula is C15H25N5S. The van der Waals surface area contributed by atoms with Gasteiger partial charge in [0.05, 0.1) is 11.9 Å². The van der Waals surface area contributed by atoms with E-state index < -0.39 is 0 Å². The smallest absolute Gasteiger partial charge is 0.214 e. The summed E-state index contributed by atoms with van der Waals surface area (Å²) in [5.74, 6) is 0. The second-order valence-corrected chi connectivity index (χ2v) is 6.89. The summed E-state index contributed by atoms with van der Waals surface area (Å²) in [5.41, 5.74) is 1.03. The van der Waals surface area contributed by atoms with Gasteiger partial charge in [0.2, 0.25) is 10.1 Å². The Morgan fingerprint density at radius 3 is 3.14 bits per heavy atom. The SMILES string of the molecule is CCCCN1CCCCC1CNc1nn2cc(C)nc2s1. The average molecular weight is 307 g/mol. The van der Waals surface area contributed by atoms with Crippen molar-refractivity contribution in [3.63, 3.8) is 0 Å². The monoisotopic (exact) mass is 307 g/mol. The molecule has 1 saturated heterocycles. The number of likely N-dealkylation sites (tertiary alicyclic amines) is 1. The molecular weight excluding hydrogens is 282 g/mol. The van der Waals surface area contributed by atoms with Crippen LogP contribution in [0.4, 0.5) is 5.13 Å². The highest BCUT2D eigenvalue weighted by atomic mass is 32.1. The molecule has 116 valence electrons. The summed E-state index contributed by atoms with van der Waals surface area (Å²) >= 11 is 1.64. The predicted molar refractivity (Wildman–Crippen MR) is 88.2 cm³/mol. The topological polar surface area (TPSA) is 45.5 Å². The summed E-state index contributed by atoms with van der Waals surface area (Å²) in [4.78, 5) is 8.08. The summed E-state index contributed by atoms with van der Waals surface area (Å²) in [5, 5.41) is 9.05. The normalized spacial score (nSPS) is 20.2. The van der Waals surface area contributed by atoms with E-state index in [-0.39, 0.29) is 0 Å². The highest BCUT2D eigenvalue weighted by Gasteiger charge is 2.21. The third kappa shape index (κ3) is 3.55. The number of hydrogen-bond acceptors (Lipinski definition) is 5. The zero-order valence-electron chi connectivity index (χ0n) is 13.0. The first-order valence-electron chi connectivity index (χ1n) is 8.07. The summed E-state index contributed by atoms with van der Waals surface area (Å²) in [7, 11) is 0. The fourth-order valence-corrected chi connectivity index (χ4v) is 3.87. The Bertz CT molecular complexity index is 544. The number of nitrogens with one attached hydrogen (secondary N) is 1. The molecule has 6 heteroatoms. The van der Waals surface area contributed by atoms with E-state index in [0.29, 0.717) is 6.04 Å². The summed E-state index contributed by atoms with van der Waals surface area (Å²) in [6, 6.07) is 0.656. The number of imidazole rings is 1. The lowest BCUT2D eigenvalue weighted by Crippen LogP contribution is -2.44. The largest absolute Gasteiger partial charge is 0.359 e. The van der Waals surface area contributed by atoms with E-state index >= 15 is 0 Å². The van der Waals surface area contributed by atoms with Crippen LogP contribution in [-0.4, -0.2) is 45.2 Å². The highest BCUT2D eigenvalue weighted by molar-refractivity contribution is 7.20. The first kappa shape index (κ1) is 14.8. The number of anilines is 1. The van der Waals surface area contributed by atoms with Crippen molar-refractivity contribution in [1.82, 2.24) is 19.5 Å². The van der Waals surface area contributed by atoms with Gasteiger partial charge in [-0.05, 0) is 39.3 Å². The summed E-state index contributed by atoms with van der Waals surface area (Å²) in [6.07, 6.45) is 8.57. The lowest BCUT2D eigenvalue weighted by molar-refractivity contribution is 0.154. The van der Waals surface area contributed by atoms with Crippen LogP contribution in [0.3, 0.4) is 0 Å². The van der Waals surface area contributed by atoms with Gasteiger partial charge in [-0.3, -0.25) is 4.90 Å². The lowest BCUT2D eigenvalue weighted by atomic mass is 10.0. The van der Waals surface area contributed by atoms with Gasteiger partial charge in [-0.25, -0.2) is 9.50 Å². The van der Waals surface area contributed by atoms with Crippen molar-refractivity contribution >= 4 is 21.4 Å². The standard InChI is InChI=1S/C15H25N5S/c1-3-4-8-19-9-6-5-7-13(19)10-16-14-18-20-11-12(2)17-15(20)21-14/h11,13H,3-10H2,1-2H3,(H,16,18). The van der Waals surface area contributed by atoms with Gasteiger partial charge in [-0.2, -0.15) is 0 Å². The molecule has 2 aromatic rings. The number of rotatable bonds is 6. The van der Waals surface area contributed by atoms with Crippen LogP contribution in [0.5, 0.6) is 0 Å². The fourth-order valence-electron chi connectivity index (χ4n) is 3.03. The molecule has 5 nitrogen and oxygen atoms in total. The Balaban J connectivity index is 1.57. The molecule has 0 aliphatic carbocycles. The third-order valence-corrected chi connectivity index (χ3v) is 5.08. The fraction of sp³-hybridized carbons (Fsp3) is 0.733.